The first kappa shape index (κ1) is 21.7. The zero-order valence-corrected chi connectivity index (χ0v) is 17.6. The molecule has 5 heteroatoms. The van der Waals surface area contributed by atoms with Crippen LogP contribution in [0.15, 0.2) is 41.3 Å². The van der Waals surface area contributed by atoms with E-state index in [1.165, 1.54) is 50.7 Å². The van der Waals surface area contributed by atoms with Crippen molar-refractivity contribution in [3.63, 3.8) is 0 Å². The predicted octanol–water partition coefficient (Wildman–Crippen LogP) is 2.04. The minimum absolute atomic E-state index is 0. The molecule has 0 heterocycles. The Bertz CT molecular complexity index is 741. The molecule has 0 bridgehead atoms. The molecule has 3 nitrogen and oxygen atoms in total. The Morgan fingerprint density at radius 2 is 1.58 bits per heavy atom. The predicted molar refractivity (Wildman–Crippen MR) is 93.6 cm³/mol. The molecule has 0 saturated carbocycles. The number of aryl methyl sites for hydroxylation is 1. The maximum atomic E-state index is 11.2. The van der Waals surface area contributed by atoms with Gasteiger partial charge in [-0.15, -0.1) is 0 Å². The van der Waals surface area contributed by atoms with Crippen LogP contribution in [0.25, 0.3) is 10.8 Å². The summed E-state index contributed by atoms with van der Waals surface area (Å²) in [6.07, 6.45) is 9.66. The Kier molecular flexibility index (Phi) is 9.53. The van der Waals surface area contributed by atoms with E-state index in [0.717, 1.165) is 29.2 Å². The third-order valence-corrected chi connectivity index (χ3v) is 5.11. The Balaban J connectivity index is 0.00000288. The molecule has 126 valence electrons. The minimum Gasteiger partial charge on any atom is -0.744 e. The van der Waals surface area contributed by atoms with Gasteiger partial charge in [0.05, 0.1) is 4.90 Å². The van der Waals surface area contributed by atoms with Crippen molar-refractivity contribution in [2.24, 2.45) is 0 Å². The number of hydrogen-bond acceptors (Lipinski definition) is 3. The topological polar surface area (TPSA) is 57.2 Å². The van der Waals surface area contributed by atoms with Gasteiger partial charge in [0.25, 0.3) is 0 Å². The second-order valence-corrected chi connectivity index (χ2v) is 7.51. The van der Waals surface area contributed by atoms with Gasteiger partial charge in [-0.05, 0) is 41.3 Å². The second-order valence-electron chi connectivity index (χ2n) is 6.13. The average Bonchev–Trinajstić information content (AvgIpc) is 2.53. The van der Waals surface area contributed by atoms with Gasteiger partial charge in [0.1, 0.15) is 10.1 Å². The molecule has 0 aliphatic carbocycles. The van der Waals surface area contributed by atoms with Crippen LogP contribution < -0.4 is 29.6 Å². The van der Waals surface area contributed by atoms with Crippen LogP contribution in [0.5, 0.6) is 0 Å². The summed E-state index contributed by atoms with van der Waals surface area (Å²) in [5.41, 5.74) is 1.13. The van der Waals surface area contributed by atoms with E-state index in [1.807, 2.05) is 18.2 Å². The Morgan fingerprint density at radius 3 is 2.25 bits per heavy atom. The standard InChI is InChI=1S/C19H26O3S.Na/c1-2-3-4-5-6-7-8-10-16-11-9-12-17-13-14-18(15-19(16)17)23(20,21)22;/h9,11-15H,2-8,10H2,1H3,(H,20,21,22);/q;+1/p-1. The van der Waals surface area contributed by atoms with Crippen LogP contribution in [0.2, 0.25) is 0 Å². The van der Waals surface area contributed by atoms with Crippen molar-refractivity contribution in [2.45, 2.75) is 63.2 Å². The van der Waals surface area contributed by atoms with Crippen molar-refractivity contribution >= 4 is 20.9 Å². The number of unbranched alkanes of at least 4 members (excludes halogenated alkanes) is 6. The largest absolute Gasteiger partial charge is 1.00 e. The molecule has 0 aliphatic heterocycles. The summed E-state index contributed by atoms with van der Waals surface area (Å²) in [5.74, 6) is 0. The van der Waals surface area contributed by atoms with Gasteiger partial charge in [-0.2, -0.15) is 0 Å². The van der Waals surface area contributed by atoms with E-state index < -0.39 is 10.1 Å². The SMILES string of the molecule is CCCCCCCCCc1cccc2ccc(S(=O)(=O)[O-])cc12.[Na+]. The monoisotopic (exact) mass is 356 g/mol. The fourth-order valence-corrected chi connectivity index (χ4v) is 3.46. The third kappa shape index (κ3) is 6.49. The molecule has 0 fully saturated rings. The fraction of sp³-hybridized carbons (Fsp3) is 0.474. The van der Waals surface area contributed by atoms with E-state index >= 15 is 0 Å². The molecule has 0 unspecified atom stereocenters. The quantitative estimate of drug-likeness (QED) is 0.392. The molecule has 0 amide bonds. The molecule has 0 radical (unpaired) electrons. The van der Waals surface area contributed by atoms with Gasteiger partial charge in [0.15, 0.2) is 0 Å². The fourth-order valence-electron chi connectivity index (χ4n) is 2.96. The van der Waals surface area contributed by atoms with Crippen molar-refractivity contribution < 1.29 is 42.5 Å². The molecule has 0 aliphatic rings. The Labute approximate surface area is 167 Å². The number of hydrogen-bond donors (Lipinski definition) is 0. The summed E-state index contributed by atoms with van der Waals surface area (Å²) in [4.78, 5) is -0.142. The van der Waals surface area contributed by atoms with E-state index in [0.29, 0.717) is 0 Å². The number of benzene rings is 2. The average molecular weight is 356 g/mol. The van der Waals surface area contributed by atoms with Crippen molar-refractivity contribution in [2.75, 3.05) is 0 Å². The Morgan fingerprint density at radius 1 is 0.917 bits per heavy atom. The Hall–Kier alpha value is -0.390. The molecule has 2 rings (SSSR count). The summed E-state index contributed by atoms with van der Waals surface area (Å²) in [5, 5.41) is 1.87. The molecule has 0 saturated heterocycles. The van der Waals surface area contributed by atoms with Gasteiger partial charge >= 0.3 is 29.6 Å². The minimum atomic E-state index is -4.40. The molecule has 0 atom stereocenters. The van der Waals surface area contributed by atoms with Gasteiger partial charge in [-0.25, -0.2) is 8.42 Å². The van der Waals surface area contributed by atoms with E-state index in [1.54, 1.807) is 6.07 Å². The second kappa shape index (κ2) is 10.6. The van der Waals surface area contributed by atoms with E-state index in [2.05, 4.69) is 6.92 Å². The summed E-state index contributed by atoms with van der Waals surface area (Å²) in [6.45, 7) is 2.22. The van der Waals surface area contributed by atoms with Gasteiger partial charge in [0, 0.05) is 0 Å². The van der Waals surface area contributed by atoms with E-state index in [-0.39, 0.29) is 34.5 Å². The van der Waals surface area contributed by atoms with Crippen LogP contribution in [0.1, 0.15) is 57.4 Å². The molecular weight excluding hydrogens is 331 g/mol. The summed E-state index contributed by atoms with van der Waals surface area (Å²) in [6, 6.07) is 10.6. The summed E-state index contributed by atoms with van der Waals surface area (Å²) < 4.78 is 33.7. The molecule has 24 heavy (non-hydrogen) atoms. The molecule has 2 aromatic rings. The normalized spacial score (nSPS) is 11.4. The smallest absolute Gasteiger partial charge is 0.744 e. The first-order valence-electron chi connectivity index (χ1n) is 8.50. The first-order chi connectivity index (χ1) is 11.0. The maximum absolute atomic E-state index is 11.2. The number of rotatable bonds is 9. The van der Waals surface area contributed by atoms with Gasteiger partial charge in [-0.1, -0.05) is 69.7 Å². The van der Waals surface area contributed by atoms with Crippen molar-refractivity contribution in [3.05, 3.63) is 42.0 Å². The van der Waals surface area contributed by atoms with Crippen molar-refractivity contribution in [1.82, 2.24) is 0 Å². The molecule has 2 aromatic carbocycles. The first-order valence-corrected chi connectivity index (χ1v) is 9.91. The van der Waals surface area contributed by atoms with Crippen LogP contribution in [-0.4, -0.2) is 13.0 Å². The zero-order valence-electron chi connectivity index (χ0n) is 14.8. The van der Waals surface area contributed by atoms with Gasteiger partial charge in [0.2, 0.25) is 0 Å². The summed E-state index contributed by atoms with van der Waals surface area (Å²) >= 11 is 0. The summed E-state index contributed by atoms with van der Waals surface area (Å²) in [7, 11) is -4.40. The molecular formula is C19H25NaO3S. The maximum Gasteiger partial charge on any atom is 1.00 e. The number of fused-ring (bicyclic) bond motifs is 1. The zero-order chi connectivity index (χ0) is 16.7. The van der Waals surface area contributed by atoms with Crippen LogP contribution >= 0.6 is 0 Å². The molecule has 0 spiro atoms. The van der Waals surface area contributed by atoms with Gasteiger partial charge in [-0.3, -0.25) is 0 Å². The van der Waals surface area contributed by atoms with Crippen LogP contribution in [-0.2, 0) is 16.5 Å². The van der Waals surface area contributed by atoms with E-state index in [4.69, 9.17) is 0 Å². The molecule has 0 N–H and O–H groups in total. The van der Waals surface area contributed by atoms with E-state index in [9.17, 15) is 13.0 Å². The van der Waals surface area contributed by atoms with Crippen LogP contribution in [0.4, 0.5) is 0 Å². The van der Waals surface area contributed by atoms with Crippen molar-refractivity contribution in [1.29, 1.82) is 0 Å². The molecule has 0 aromatic heterocycles. The van der Waals surface area contributed by atoms with Crippen molar-refractivity contribution in [3.8, 4) is 0 Å². The van der Waals surface area contributed by atoms with Crippen LogP contribution in [0, 0.1) is 0 Å². The van der Waals surface area contributed by atoms with Crippen LogP contribution in [0.3, 0.4) is 0 Å². The third-order valence-electron chi connectivity index (χ3n) is 4.28. The van der Waals surface area contributed by atoms with Gasteiger partial charge < -0.3 is 4.55 Å².